The molecule has 0 unspecified atom stereocenters. The van der Waals surface area contributed by atoms with Gasteiger partial charge in [-0.3, -0.25) is 4.57 Å². The summed E-state index contributed by atoms with van der Waals surface area (Å²) in [5.41, 5.74) is 2.72. The van der Waals surface area contributed by atoms with E-state index >= 15 is 0 Å². The molecule has 0 aliphatic rings. The van der Waals surface area contributed by atoms with Crippen molar-refractivity contribution in [3.63, 3.8) is 0 Å². The third-order valence-electron chi connectivity index (χ3n) is 4.85. The lowest BCUT2D eigenvalue weighted by molar-refractivity contribution is 0.145. The van der Waals surface area contributed by atoms with Gasteiger partial charge in [-0.15, -0.1) is 24.0 Å². The van der Waals surface area contributed by atoms with Crippen LogP contribution in [0.2, 0.25) is 0 Å². The van der Waals surface area contributed by atoms with E-state index in [9.17, 15) is 4.79 Å². The first-order valence-electron chi connectivity index (χ1n) is 10.6. The molecule has 0 spiro atoms. The van der Waals surface area contributed by atoms with E-state index in [2.05, 4.69) is 20.6 Å². The zero-order valence-corrected chi connectivity index (χ0v) is 20.9. The third kappa shape index (κ3) is 7.56. The van der Waals surface area contributed by atoms with Crippen molar-refractivity contribution in [2.45, 2.75) is 26.4 Å². The Bertz CT molecular complexity index is 1030. The van der Waals surface area contributed by atoms with Gasteiger partial charge in [0.1, 0.15) is 5.75 Å². The van der Waals surface area contributed by atoms with Crippen molar-refractivity contribution in [3.05, 3.63) is 64.6 Å². The highest BCUT2D eigenvalue weighted by Gasteiger charge is 2.06. The van der Waals surface area contributed by atoms with Crippen molar-refractivity contribution in [3.8, 4) is 5.75 Å². The van der Waals surface area contributed by atoms with Gasteiger partial charge in [-0.2, -0.15) is 0 Å². The molecule has 8 nitrogen and oxygen atoms in total. The molecule has 3 rings (SSSR count). The van der Waals surface area contributed by atoms with Crippen molar-refractivity contribution in [1.29, 1.82) is 0 Å². The van der Waals surface area contributed by atoms with Crippen LogP contribution in [-0.2, 0) is 17.8 Å². The molecule has 1 aromatic heterocycles. The minimum absolute atomic E-state index is 0. The van der Waals surface area contributed by atoms with Gasteiger partial charge in [-0.25, -0.2) is 9.79 Å². The number of nitrogens with one attached hydrogen (secondary N) is 3. The van der Waals surface area contributed by atoms with Gasteiger partial charge in [-0.05, 0) is 43.2 Å². The lowest BCUT2D eigenvalue weighted by Gasteiger charge is -2.13. The van der Waals surface area contributed by atoms with Crippen molar-refractivity contribution < 1.29 is 9.47 Å². The number of methoxy groups -OCH3 is 1. The minimum atomic E-state index is -0.107. The van der Waals surface area contributed by atoms with Gasteiger partial charge in [0.2, 0.25) is 0 Å². The second-order valence-corrected chi connectivity index (χ2v) is 7.02. The number of hydrogen-bond donors (Lipinski definition) is 3. The number of guanidine groups is 1. The first-order chi connectivity index (χ1) is 15.2. The molecule has 32 heavy (non-hydrogen) atoms. The number of imidazole rings is 1. The van der Waals surface area contributed by atoms with Crippen LogP contribution < -0.4 is 21.1 Å². The van der Waals surface area contributed by atoms with Crippen LogP contribution in [0.1, 0.15) is 18.9 Å². The number of fused-ring (bicyclic) bond motifs is 1. The van der Waals surface area contributed by atoms with E-state index in [0.717, 1.165) is 41.9 Å². The maximum atomic E-state index is 12.3. The number of aromatic amines is 1. The van der Waals surface area contributed by atoms with Crippen molar-refractivity contribution in [1.82, 2.24) is 20.2 Å². The Kier molecular flexibility index (Phi) is 11.1. The van der Waals surface area contributed by atoms with E-state index in [-0.39, 0.29) is 29.7 Å². The number of H-pyrrole nitrogens is 1. The highest BCUT2D eigenvalue weighted by atomic mass is 127. The number of ether oxygens (including phenoxy) is 2. The summed E-state index contributed by atoms with van der Waals surface area (Å²) in [4.78, 5) is 19.8. The van der Waals surface area contributed by atoms with E-state index in [1.807, 2.05) is 55.5 Å². The molecule has 0 aliphatic carbocycles. The van der Waals surface area contributed by atoms with Crippen LogP contribution >= 0.6 is 24.0 Å². The maximum absolute atomic E-state index is 12.3. The predicted molar refractivity (Wildman–Crippen MR) is 139 cm³/mol. The molecule has 0 saturated carbocycles. The highest BCUT2D eigenvalue weighted by Crippen LogP contribution is 2.12. The molecular formula is C23H32IN5O3. The van der Waals surface area contributed by atoms with Crippen molar-refractivity contribution >= 4 is 41.0 Å². The first-order valence-corrected chi connectivity index (χ1v) is 10.6. The standard InChI is InChI=1S/C23H31N5O3.HI/c1-3-31-16-6-13-24-22(26-17-18-9-11-19(30-2)12-10-18)25-14-15-28-21-8-5-4-7-20(21)27-23(28)29;/h4-5,7-12H,3,6,13-17H2,1-2H3,(H,27,29)(H2,24,25,26);1H. The Labute approximate surface area is 205 Å². The summed E-state index contributed by atoms with van der Waals surface area (Å²) < 4.78 is 12.3. The Morgan fingerprint density at radius 2 is 1.84 bits per heavy atom. The number of nitrogens with zero attached hydrogens (tertiary/aromatic N) is 2. The molecule has 2 aromatic carbocycles. The molecule has 174 valence electrons. The van der Waals surface area contributed by atoms with Gasteiger partial charge in [0, 0.05) is 32.8 Å². The molecule has 1 heterocycles. The number of halogens is 1. The zero-order chi connectivity index (χ0) is 21.9. The monoisotopic (exact) mass is 553 g/mol. The molecule has 0 radical (unpaired) electrons. The smallest absolute Gasteiger partial charge is 0.326 e. The topological polar surface area (TPSA) is 92.7 Å². The molecule has 0 amide bonds. The average molecular weight is 553 g/mol. The van der Waals surface area contributed by atoms with Crippen LogP contribution in [-0.4, -0.2) is 48.9 Å². The maximum Gasteiger partial charge on any atom is 0.326 e. The minimum Gasteiger partial charge on any atom is -0.497 e. The quantitative estimate of drug-likeness (QED) is 0.147. The van der Waals surface area contributed by atoms with Crippen molar-refractivity contribution in [2.75, 3.05) is 33.4 Å². The molecule has 0 aliphatic heterocycles. The first kappa shape index (κ1) is 25.7. The Hall–Kier alpha value is -2.53. The predicted octanol–water partition coefficient (Wildman–Crippen LogP) is 3.12. The van der Waals surface area contributed by atoms with E-state index in [4.69, 9.17) is 9.47 Å². The third-order valence-corrected chi connectivity index (χ3v) is 4.85. The fraction of sp³-hybridized carbons (Fsp3) is 0.391. The lowest BCUT2D eigenvalue weighted by Crippen LogP contribution is -2.40. The van der Waals surface area contributed by atoms with Crippen LogP contribution in [0.4, 0.5) is 0 Å². The molecule has 0 saturated heterocycles. The van der Waals surface area contributed by atoms with Crippen LogP contribution in [0.5, 0.6) is 5.75 Å². The zero-order valence-electron chi connectivity index (χ0n) is 18.6. The number of para-hydroxylation sites is 2. The van der Waals surface area contributed by atoms with E-state index < -0.39 is 0 Å². The average Bonchev–Trinajstić information content (AvgIpc) is 3.12. The van der Waals surface area contributed by atoms with Gasteiger partial charge in [0.15, 0.2) is 5.96 Å². The van der Waals surface area contributed by atoms with E-state index in [1.54, 1.807) is 11.7 Å². The Morgan fingerprint density at radius 3 is 2.59 bits per heavy atom. The number of aromatic nitrogens is 2. The van der Waals surface area contributed by atoms with Gasteiger partial charge in [-0.1, -0.05) is 24.3 Å². The normalized spacial score (nSPS) is 11.2. The summed E-state index contributed by atoms with van der Waals surface area (Å²) in [6, 6.07) is 15.5. The second kappa shape index (κ2) is 13.8. The lowest BCUT2D eigenvalue weighted by atomic mass is 10.2. The number of benzene rings is 2. The van der Waals surface area contributed by atoms with Crippen molar-refractivity contribution in [2.24, 2.45) is 4.99 Å². The fourth-order valence-corrected chi connectivity index (χ4v) is 3.22. The SMILES string of the molecule is CCOCCCNC(=NCc1ccc(OC)cc1)NCCn1c(=O)[nH]c2ccccc21.I. The van der Waals surface area contributed by atoms with E-state index in [0.29, 0.717) is 32.2 Å². The van der Waals surface area contributed by atoms with Gasteiger partial charge in [0.25, 0.3) is 0 Å². The Balaban J connectivity index is 0.00000363. The van der Waals surface area contributed by atoms with Gasteiger partial charge >= 0.3 is 5.69 Å². The fourth-order valence-electron chi connectivity index (χ4n) is 3.22. The van der Waals surface area contributed by atoms with Crippen LogP contribution in [0.25, 0.3) is 11.0 Å². The summed E-state index contributed by atoms with van der Waals surface area (Å²) in [5, 5.41) is 6.68. The molecule has 3 aromatic rings. The molecule has 0 atom stereocenters. The summed E-state index contributed by atoms with van der Waals surface area (Å²) in [6.45, 7) is 5.81. The second-order valence-electron chi connectivity index (χ2n) is 7.02. The number of aliphatic imine (C=N–C) groups is 1. The summed E-state index contributed by atoms with van der Waals surface area (Å²) in [5.74, 6) is 1.53. The molecular weight excluding hydrogens is 521 g/mol. The van der Waals surface area contributed by atoms with Crippen LogP contribution in [0.15, 0.2) is 58.3 Å². The summed E-state index contributed by atoms with van der Waals surface area (Å²) in [6.07, 6.45) is 0.888. The van der Waals surface area contributed by atoms with Crippen LogP contribution in [0, 0.1) is 0 Å². The number of rotatable bonds is 11. The largest absolute Gasteiger partial charge is 0.497 e. The van der Waals surface area contributed by atoms with E-state index in [1.165, 1.54) is 0 Å². The summed E-state index contributed by atoms with van der Waals surface area (Å²) in [7, 11) is 1.65. The van der Waals surface area contributed by atoms with Crippen LogP contribution in [0.3, 0.4) is 0 Å². The number of hydrogen-bond acceptors (Lipinski definition) is 4. The molecule has 0 fully saturated rings. The molecule has 9 heteroatoms. The molecule has 0 bridgehead atoms. The van der Waals surface area contributed by atoms with Gasteiger partial charge in [0.05, 0.1) is 24.7 Å². The Morgan fingerprint density at radius 1 is 1.09 bits per heavy atom. The summed E-state index contributed by atoms with van der Waals surface area (Å²) >= 11 is 0. The highest BCUT2D eigenvalue weighted by molar-refractivity contribution is 14.0. The van der Waals surface area contributed by atoms with Gasteiger partial charge < -0.3 is 25.1 Å². The molecule has 3 N–H and O–H groups in total.